The molecule has 0 unspecified atom stereocenters. The summed E-state index contributed by atoms with van der Waals surface area (Å²) in [5, 5.41) is 12.5. The third-order valence-corrected chi connectivity index (χ3v) is 3.87. The zero-order chi connectivity index (χ0) is 13.6. The predicted octanol–water partition coefficient (Wildman–Crippen LogP) is 3.04. The first-order valence-corrected chi connectivity index (χ1v) is 6.73. The molecule has 2 aromatic heterocycles. The minimum absolute atomic E-state index is 0.324. The maximum absolute atomic E-state index is 12.1. The molecule has 2 aromatic rings. The minimum atomic E-state index is -0.426. The van der Waals surface area contributed by atoms with Gasteiger partial charge in [0, 0.05) is 16.1 Å². The summed E-state index contributed by atoms with van der Waals surface area (Å²) in [6, 6.07) is 5.77. The van der Waals surface area contributed by atoms with Crippen LogP contribution in [0.15, 0.2) is 23.6 Å². The summed E-state index contributed by atoms with van der Waals surface area (Å²) in [6.07, 6.45) is 1.80. The number of nitrogens with zero attached hydrogens (tertiary/aromatic N) is 2. The number of anilines is 1. The van der Waals surface area contributed by atoms with Gasteiger partial charge in [0.25, 0.3) is 5.91 Å². The molecule has 0 radical (unpaired) electrons. The lowest BCUT2D eigenvalue weighted by molar-refractivity contribution is -0.117. The van der Waals surface area contributed by atoms with Crippen molar-refractivity contribution in [3.8, 4) is 0 Å². The van der Waals surface area contributed by atoms with E-state index in [1.54, 1.807) is 17.4 Å². The van der Waals surface area contributed by atoms with E-state index in [-0.39, 0.29) is 0 Å². The lowest BCUT2D eigenvalue weighted by Gasteiger charge is -2.07. The molecule has 3 rings (SSSR count). The molecule has 0 saturated carbocycles. The summed E-state index contributed by atoms with van der Waals surface area (Å²) in [7, 11) is 0. The number of amides is 1. The van der Waals surface area contributed by atoms with Crippen LogP contribution in [0.25, 0.3) is 11.6 Å². The van der Waals surface area contributed by atoms with E-state index in [1.165, 1.54) is 0 Å². The van der Waals surface area contributed by atoms with Crippen LogP contribution in [-0.4, -0.2) is 16.1 Å². The molecule has 0 saturated heterocycles. The minimum Gasteiger partial charge on any atom is -0.279 e. The molecule has 5 heteroatoms. The predicted molar refractivity (Wildman–Crippen MR) is 75.2 cm³/mol. The van der Waals surface area contributed by atoms with Gasteiger partial charge >= 0.3 is 0 Å². The number of hydroxylamine groups is 1. The average molecular weight is 272 g/mol. The normalized spacial score (nSPS) is 16.3. The molecule has 0 aromatic carbocycles. The van der Waals surface area contributed by atoms with Gasteiger partial charge in [0.05, 0.1) is 5.57 Å². The number of thiophene rings is 1. The second-order valence-corrected chi connectivity index (χ2v) is 5.45. The number of carbonyl (C=O) groups excluding carboxylic acids is 1. The number of hydrogen-bond acceptors (Lipinski definition) is 4. The third kappa shape index (κ3) is 1.87. The maximum Gasteiger partial charge on any atom is 0.284 e. The van der Waals surface area contributed by atoms with Crippen LogP contribution in [0, 0.1) is 13.8 Å². The molecular weight excluding hydrogens is 260 g/mol. The van der Waals surface area contributed by atoms with Crippen molar-refractivity contribution in [3.05, 3.63) is 45.3 Å². The summed E-state index contributed by atoms with van der Waals surface area (Å²) in [5.74, 6) is -0.102. The van der Waals surface area contributed by atoms with Crippen molar-refractivity contribution in [2.45, 2.75) is 13.8 Å². The Bertz CT molecular complexity index is 690. The third-order valence-electron chi connectivity index (χ3n) is 3.05. The second kappa shape index (κ2) is 4.29. The van der Waals surface area contributed by atoms with Crippen LogP contribution in [0.5, 0.6) is 0 Å². The molecule has 0 spiro atoms. The van der Waals surface area contributed by atoms with Gasteiger partial charge in [-0.15, -0.1) is 11.3 Å². The van der Waals surface area contributed by atoms with Crippen molar-refractivity contribution in [3.63, 3.8) is 0 Å². The summed E-state index contributed by atoms with van der Waals surface area (Å²) < 4.78 is 0. The topological polar surface area (TPSA) is 53.4 Å². The summed E-state index contributed by atoms with van der Waals surface area (Å²) in [4.78, 5) is 17.3. The van der Waals surface area contributed by atoms with E-state index in [0.29, 0.717) is 22.0 Å². The SMILES string of the molecule is Cc1cc(C)c2c(n1)N(O)C(=O)C2=Cc1cccs1. The maximum atomic E-state index is 12.1. The second-order valence-electron chi connectivity index (χ2n) is 4.47. The Labute approximate surface area is 114 Å². The Morgan fingerprint density at radius 2 is 2.21 bits per heavy atom. The molecule has 1 amide bonds. The monoisotopic (exact) mass is 272 g/mol. The number of carbonyl (C=O) groups is 1. The van der Waals surface area contributed by atoms with Gasteiger partial charge in [-0.1, -0.05) is 6.07 Å². The fourth-order valence-electron chi connectivity index (χ4n) is 2.27. The van der Waals surface area contributed by atoms with Crippen molar-refractivity contribution in [1.29, 1.82) is 0 Å². The zero-order valence-electron chi connectivity index (χ0n) is 10.5. The van der Waals surface area contributed by atoms with Crippen LogP contribution in [0.3, 0.4) is 0 Å². The van der Waals surface area contributed by atoms with E-state index in [0.717, 1.165) is 16.1 Å². The number of aryl methyl sites for hydroxylation is 2. The average Bonchev–Trinajstić information content (AvgIpc) is 2.93. The molecule has 4 nitrogen and oxygen atoms in total. The molecule has 0 atom stereocenters. The van der Waals surface area contributed by atoms with E-state index < -0.39 is 5.91 Å². The van der Waals surface area contributed by atoms with E-state index in [1.807, 2.05) is 37.4 Å². The van der Waals surface area contributed by atoms with E-state index in [4.69, 9.17) is 0 Å². The molecule has 19 heavy (non-hydrogen) atoms. The quantitative estimate of drug-likeness (QED) is 0.641. The molecule has 3 heterocycles. The smallest absolute Gasteiger partial charge is 0.279 e. The molecule has 0 bridgehead atoms. The van der Waals surface area contributed by atoms with Gasteiger partial charge in [-0.25, -0.2) is 4.98 Å². The Morgan fingerprint density at radius 3 is 2.89 bits per heavy atom. The summed E-state index contributed by atoms with van der Waals surface area (Å²) >= 11 is 1.55. The highest BCUT2D eigenvalue weighted by atomic mass is 32.1. The summed E-state index contributed by atoms with van der Waals surface area (Å²) in [5.41, 5.74) is 2.92. The first-order chi connectivity index (χ1) is 9.08. The van der Waals surface area contributed by atoms with Crippen LogP contribution in [-0.2, 0) is 4.79 Å². The zero-order valence-corrected chi connectivity index (χ0v) is 11.4. The highest BCUT2D eigenvalue weighted by Gasteiger charge is 2.34. The van der Waals surface area contributed by atoms with E-state index >= 15 is 0 Å². The van der Waals surface area contributed by atoms with Gasteiger partial charge in [0.2, 0.25) is 0 Å². The van der Waals surface area contributed by atoms with E-state index in [2.05, 4.69) is 4.98 Å². The molecule has 0 aliphatic carbocycles. The van der Waals surface area contributed by atoms with Crippen molar-refractivity contribution < 1.29 is 10.0 Å². The lowest BCUT2D eigenvalue weighted by atomic mass is 10.0. The fraction of sp³-hybridized carbons (Fsp3) is 0.143. The first-order valence-electron chi connectivity index (χ1n) is 5.85. The Hall–Kier alpha value is -1.98. The van der Waals surface area contributed by atoms with Gasteiger partial charge < -0.3 is 0 Å². The number of aromatic nitrogens is 1. The van der Waals surface area contributed by atoms with E-state index in [9.17, 15) is 10.0 Å². The van der Waals surface area contributed by atoms with Crippen LogP contribution < -0.4 is 5.06 Å². The number of pyridine rings is 1. The molecule has 0 fully saturated rings. The standard InChI is InChI=1S/C14H12N2O2S/c1-8-6-9(2)15-13-12(8)11(14(17)16(13)18)7-10-4-3-5-19-10/h3-7,18H,1-2H3. The van der Waals surface area contributed by atoms with Crippen LogP contribution >= 0.6 is 11.3 Å². The fourth-order valence-corrected chi connectivity index (χ4v) is 2.93. The highest BCUT2D eigenvalue weighted by molar-refractivity contribution is 7.11. The Balaban J connectivity index is 2.23. The van der Waals surface area contributed by atoms with Crippen LogP contribution in [0.4, 0.5) is 5.82 Å². The molecule has 1 aliphatic heterocycles. The van der Waals surface area contributed by atoms with Crippen LogP contribution in [0.2, 0.25) is 0 Å². The summed E-state index contributed by atoms with van der Waals surface area (Å²) in [6.45, 7) is 3.76. The molecule has 1 N–H and O–H groups in total. The first kappa shape index (κ1) is 12.1. The molecule has 96 valence electrons. The Kier molecular flexibility index (Phi) is 2.73. The molecular formula is C14H12N2O2S. The highest BCUT2D eigenvalue weighted by Crippen LogP contribution is 2.38. The van der Waals surface area contributed by atoms with Gasteiger partial charge in [-0.3, -0.25) is 10.0 Å². The molecule has 1 aliphatic rings. The van der Waals surface area contributed by atoms with Gasteiger partial charge in [0.1, 0.15) is 0 Å². The van der Waals surface area contributed by atoms with Crippen molar-refractivity contribution in [2.75, 3.05) is 5.06 Å². The lowest BCUT2D eigenvalue weighted by Crippen LogP contribution is -2.22. The largest absolute Gasteiger partial charge is 0.284 e. The van der Waals surface area contributed by atoms with Crippen molar-refractivity contribution in [2.24, 2.45) is 0 Å². The number of rotatable bonds is 1. The Morgan fingerprint density at radius 1 is 1.42 bits per heavy atom. The number of fused-ring (bicyclic) bond motifs is 1. The van der Waals surface area contributed by atoms with Gasteiger partial charge in [-0.05, 0) is 43.0 Å². The van der Waals surface area contributed by atoms with Crippen molar-refractivity contribution >= 4 is 34.7 Å². The van der Waals surface area contributed by atoms with Crippen molar-refractivity contribution in [1.82, 2.24) is 4.98 Å². The van der Waals surface area contributed by atoms with Gasteiger partial charge in [0.15, 0.2) is 5.82 Å². The van der Waals surface area contributed by atoms with Crippen LogP contribution in [0.1, 0.15) is 21.7 Å². The van der Waals surface area contributed by atoms with Gasteiger partial charge in [-0.2, -0.15) is 5.06 Å². The number of hydrogen-bond donors (Lipinski definition) is 1.